The van der Waals surface area contributed by atoms with Gasteiger partial charge in [-0.15, -0.1) is 0 Å². The maximum absolute atomic E-state index is 12.2. The van der Waals surface area contributed by atoms with E-state index in [9.17, 15) is 9.59 Å². The van der Waals surface area contributed by atoms with E-state index in [0.29, 0.717) is 32.7 Å². The number of hydrogen-bond donors (Lipinski definition) is 1. The molecule has 1 aliphatic rings. The molecule has 1 N–H and O–H groups in total. The van der Waals surface area contributed by atoms with Crippen molar-refractivity contribution in [2.24, 2.45) is 0 Å². The van der Waals surface area contributed by atoms with Crippen LogP contribution in [0.4, 0.5) is 4.79 Å². The second kappa shape index (κ2) is 6.75. The molecule has 0 aromatic rings. The number of amides is 1. The van der Waals surface area contributed by atoms with Crippen LogP contribution in [0.2, 0.25) is 0 Å². The summed E-state index contributed by atoms with van der Waals surface area (Å²) in [6, 6.07) is -0.565. The molecular weight excluding hydrogens is 248 g/mol. The van der Waals surface area contributed by atoms with Crippen LogP contribution in [-0.2, 0) is 14.3 Å². The molecule has 1 fully saturated rings. The fourth-order valence-corrected chi connectivity index (χ4v) is 1.90. The number of nitrogens with zero attached hydrogens (tertiary/aromatic N) is 1. The smallest absolute Gasteiger partial charge is 0.411 e. The normalized spacial score (nSPS) is 20.6. The molecule has 110 valence electrons. The van der Waals surface area contributed by atoms with Crippen molar-refractivity contribution in [2.45, 2.75) is 45.8 Å². The van der Waals surface area contributed by atoms with Crippen LogP contribution in [0, 0.1) is 0 Å². The van der Waals surface area contributed by atoms with E-state index in [2.05, 4.69) is 5.32 Å². The van der Waals surface area contributed by atoms with Crippen LogP contribution in [0.1, 0.15) is 34.1 Å². The van der Waals surface area contributed by atoms with Crippen molar-refractivity contribution in [1.82, 2.24) is 10.2 Å². The molecule has 1 unspecified atom stereocenters. The van der Waals surface area contributed by atoms with Crippen molar-refractivity contribution in [3.63, 3.8) is 0 Å². The van der Waals surface area contributed by atoms with Crippen molar-refractivity contribution in [1.29, 1.82) is 0 Å². The molecule has 6 heteroatoms. The first kappa shape index (κ1) is 15.8. The molecule has 19 heavy (non-hydrogen) atoms. The van der Waals surface area contributed by atoms with Crippen LogP contribution in [0.25, 0.3) is 0 Å². The number of rotatable bonds is 2. The van der Waals surface area contributed by atoms with E-state index in [1.54, 1.807) is 27.7 Å². The molecule has 1 rings (SSSR count). The number of esters is 1. The van der Waals surface area contributed by atoms with Gasteiger partial charge in [-0.25, -0.2) is 9.59 Å². The van der Waals surface area contributed by atoms with E-state index in [-0.39, 0.29) is 5.97 Å². The summed E-state index contributed by atoms with van der Waals surface area (Å²) in [4.78, 5) is 25.5. The molecule has 6 nitrogen and oxygen atoms in total. The van der Waals surface area contributed by atoms with Gasteiger partial charge >= 0.3 is 12.1 Å². The summed E-state index contributed by atoms with van der Waals surface area (Å²) < 4.78 is 10.4. The average Bonchev–Trinajstić information content (AvgIpc) is 2.52. The van der Waals surface area contributed by atoms with E-state index in [0.717, 1.165) is 0 Å². The van der Waals surface area contributed by atoms with Gasteiger partial charge in [0, 0.05) is 13.1 Å². The van der Waals surface area contributed by atoms with Gasteiger partial charge in [0.25, 0.3) is 0 Å². The van der Waals surface area contributed by atoms with Gasteiger partial charge in [-0.1, -0.05) is 0 Å². The van der Waals surface area contributed by atoms with Crippen LogP contribution in [-0.4, -0.2) is 54.8 Å². The van der Waals surface area contributed by atoms with Gasteiger partial charge in [-0.3, -0.25) is 4.90 Å². The number of nitrogens with one attached hydrogen (secondary N) is 1. The lowest BCUT2D eigenvalue weighted by molar-refractivity contribution is -0.149. The summed E-state index contributed by atoms with van der Waals surface area (Å²) in [6.45, 7) is 9.26. The molecule has 0 saturated carbocycles. The topological polar surface area (TPSA) is 67.9 Å². The Morgan fingerprint density at radius 2 is 2.00 bits per heavy atom. The lowest BCUT2D eigenvalue weighted by Gasteiger charge is -2.30. The Morgan fingerprint density at radius 3 is 2.58 bits per heavy atom. The van der Waals surface area contributed by atoms with Crippen molar-refractivity contribution < 1.29 is 19.1 Å². The summed E-state index contributed by atoms with van der Waals surface area (Å²) >= 11 is 0. The Morgan fingerprint density at radius 1 is 1.32 bits per heavy atom. The maximum Gasteiger partial charge on any atom is 0.411 e. The minimum Gasteiger partial charge on any atom is -0.464 e. The fourth-order valence-electron chi connectivity index (χ4n) is 1.90. The summed E-state index contributed by atoms with van der Waals surface area (Å²) in [5.74, 6) is -0.364. The standard InChI is InChI=1S/C13H24N2O4/c1-5-18-11(16)10-6-7-14-8-9-15(10)12(17)19-13(2,3)4/h10,14H,5-9H2,1-4H3. The van der Waals surface area contributed by atoms with Gasteiger partial charge in [-0.05, 0) is 40.7 Å². The average molecular weight is 272 g/mol. The molecule has 1 heterocycles. The zero-order valence-electron chi connectivity index (χ0n) is 12.2. The summed E-state index contributed by atoms with van der Waals surface area (Å²) in [6.07, 6.45) is 0.0761. The predicted octanol–water partition coefficient (Wildman–Crippen LogP) is 1.15. The fraction of sp³-hybridized carbons (Fsp3) is 0.846. The summed E-state index contributed by atoms with van der Waals surface area (Å²) in [5, 5.41) is 3.16. The summed E-state index contributed by atoms with van der Waals surface area (Å²) in [5.41, 5.74) is -0.573. The quantitative estimate of drug-likeness (QED) is 0.764. The van der Waals surface area contributed by atoms with Crippen molar-refractivity contribution >= 4 is 12.1 Å². The van der Waals surface area contributed by atoms with E-state index < -0.39 is 17.7 Å². The van der Waals surface area contributed by atoms with E-state index in [1.165, 1.54) is 4.90 Å². The molecule has 0 spiro atoms. The van der Waals surface area contributed by atoms with E-state index >= 15 is 0 Å². The van der Waals surface area contributed by atoms with Gasteiger partial charge in [0.2, 0.25) is 0 Å². The van der Waals surface area contributed by atoms with Gasteiger partial charge in [0.05, 0.1) is 6.61 Å². The number of carbonyl (C=O) groups excluding carboxylic acids is 2. The van der Waals surface area contributed by atoms with Gasteiger partial charge < -0.3 is 14.8 Å². The third kappa shape index (κ3) is 5.06. The minimum absolute atomic E-state index is 0.310. The van der Waals surface area contributed by atoms with Gasteiger partial charge in [0.1, 0.15) is 11.6 Å². The first-order valence-corrected chi connectivity index (χ1v) is 6.72. The van der Waals surface area contributed by atoms with Crippen LogP contribution in [0.3, 0.4) is 0 Å². The predicted molar refractivity (Wildman–Crippen MR) is 70.8 cm³/mol. The second-order valence-electron chi connectivity index (χ2n) is 5.48. The SMILES string of the molecule is CCOC(=O)C1CCNCCN1C(=O)OC(C)(C)C. The third-order valence-electron chi connectivity index (χ3n) is 2.69. The Balaban J connectivity index is 2.78. The second-order valence-corrected chi connectivity index (χ2v) is 5.48. The monoisotopic (exact) mass is 272 g/mol. The molecule has 0 bridgehead atoms. The van der Waals surface area contributed by atoms with Crippen molar-refractivity contribution in [3.05, 3.63) is 0 Å². The van der Waals surface area contributed by atoms with Crippen LogP contribution in [0.5, 0.6) is 0 Å². The molecule has 0 aliphatic carbocycles. The zero-order valence-corrected chi connectivity index (χ0v) is 12.2. The number of carbonyl (C=O) groups is 2. The van der Waals surface area contributed by atoms with Crippen molar-refractivity contribution in [2.75, 3.05) is 26.2 Å². The molecule has 1 saturated heterocycles. The molecule has 1 aliphatic heterocycles. The highest BCUT2D eigenvalue weighted by atomic mass is 16.6. The Bertz CT molecular complexity index is 325. The largest absolute Gasteiger partial charge is 0.464 e. The third-order valence-corrected chi connectivity index (χ3v) is 2.69. The highest BCUT2D eigenvalue weighted by Crippen LogP contribution is 2.15. The highest BCUT2D eigenvalue weighted by Gasteiger charge is 2.34. The number of hydrogen-bond acceptors (Lipinski definition) is 5. The molecule has 0 radical (unpaired) electrons. The summed E-state index contributed by atoms with van der Waals surface area (Å²) in [7, 11) is 0. The molecule has 1 amide bonds. The molecule has 1 atom stereocenters. The maximum atomic E-state index is 12.2. The highest BCUT2D eigenvalue weighted by molar-refractivity contribution is 5.81. The molecule has 0 aromatic carbocycles. The minimum atomic E-state index is -0.573. The number of ether oxygens (including phenoxy) is 2. The Kier molecular flexibility index (Phi) is 5.60. The molecule has 0 aromatic heterocycles. The van der Waals surface area contributed by atoms with Gasteiger partial charge in [-0.2, -0.15) is 0 Å². The molecular formula is C13H24N2O4. The lowest BCUT2D eigenvalue weighted by atomic mass is 10.2. The van der Waals surface area contributed by atoms with E-state index in [4.69, 9.17) is 9.47 Å². The van der Waals surface area contributed by atoms with Crippen molar-refractivity contribution in [3.8, 4) is 0 Å². The Labute approximate surface area is 114 Å². The van der Waals surface area contributed by atoms with E-state index in [1.807, 2.05) is 0 Å². The van der Waals surface area contributed by atoms with Gasteiger partial charge in [0.15, 0.2) is 0 Å². The lowest BCUT2D eigenvalue weighted by Crippen LogP contribution is -2.48. The van der Waals surface area contributed by atoms with Crippen LogP contribution < -0.4 is 5.32 Å². The first-order valence-electron chi connectivity index (χ1n) is 6.72. The van der Waals surface area contributed by atoms with Crippen LogP contribution >= 0.6 is 0 Å². The van der Waals surface area contributed by atoms with Crippen LogP contribution in [0.15, 0.2) is 0 Å². The zero-order chi connectivity index (χ0) is 14.5. The Hall–Kier alpha value is -1.30. The first-order chi connectivity index (χ1) is 8.85.